The van der Waals surface area contributed by atoms with Crippen molar-refractivity contribution in [2.45, 2.75) is 70.9 Å². The highest BCUT2D eigenvalue weighted by Crippen LogP contribution is 2.27. The molecule has 17 heavy (non-hydrogen) atoms. The molecule has 0 spiro atoms. The van der Waals surface area contributed by atoms with Crippen LogP contribution in [0.25, 0.3) is 0 Å². The van der Waals surface area contributed by atoms with Gasteiger partial charge in [-0.25, -0.2) is 0 Å². The van der Waals surface area contributed by atoms with E-state index in [1.807, 2.05) is 0 Å². The number of rotatable bonds is 4. The van der Waals surface area contributed by atoms with Gasteiger partial charge in [0.25, 0.3) is 0 Å². The Hall–Kier alpha value is -0.0800. The lowest BCUT2D eigenvalue weighted by atomic mass is 9.83. The molecule has 0 bridgehead atoms. The Balaban J connectivity index is 1.85. The van der Waals surface area contributed by atoms with E-state index in [2.05, 4.69) is 24.1 Å². The van der Waals surface area contributed by atoms with E-state index < -0.39 is 0 Å². The maximum atomic E-state index is 3.71. The lowest BCUT2D eigenvalue weighted by Gasteiger charge is -2.40. The third-order valence-electron chi connectivity index (χ3n) is 4.78. The highest BCUT2D eigenvalue weighted by molar-refractivity contribution is 4.85. The molecule has 2 heteroatoms. The molecule has 2 rings (SSSR count). The average molecular weight is 238 g/mol. The zero-order valence-electron chi connectivity index (χ0n) is 11.8. The first-order valence-corrected chi connectivity index (χ1v) is 7.78. The molecule has 0 amide bonds. The molecule has 2 nitrogen and oxygen atoms in total. The number of piperidine rings is 1. The molecular weight excluding hydrogens is 208 g/mol. The second-order valence-corrected chi connectivity index (χ2v) is 6.05. The van der Waals surface area contributed by atoms with Gasteiger partial charge in [-0.2, -0.15) is 0 Å². The third kappa shape index (κ3) is 3.69. The summed E-state index contributed by atoms with van der Waals surface area (Å²) in [4.78, 5) is 2.75. The van der Waals surface area contributed by atoms with E-state index in [4.69, 9.17) is 0 Å². The van der Waals surface area contributed by atoms with Crippen LogP contribution >= 0.6 is 0 Å². The van der Waals surface area contributed by atoms with E-state index in [1.165, 1.54) is 58.0 Å². The average Bonchev–Trinajstić information content (AvgIpc) is 2.35. The van der Waals surface area contributed by atoms with E-state index in [1.54, 1.807) is 0 Å². The largest absolute Gasteiger partial charge is 0.314 e. The van der Waals surface area contributed by atoms with Crippen LogP contribution in [0.3, 0.4) is 0 Å². The van der Waals surface area contributed by atoms with Crippen LogP contribution < -0.4 is 5.32 Å². The molecule has 1 aliphatic heterocycles. The van der Waals surface area contributed by atoms with Crippen molar-refractivity contribution in [2.24, 2.45) is 5.92 Å². The van der Waals surface area contributed by atoms with Gasteiger partial charge in [0, 0.05) is 18.6 Å². The summed E-state index contributed by atoms with van der Waals surface area (Å²) in [5.41, 5.74) is 0. The minimum Gasteiger partial charge on any atom is -0.314 e. The monoisotopic (exact) mass is 238 g/mol. The van der Waals surface area contributed by atoms with Gasteiger partial charge in [0.05, 0.1) is 0 Å². The predicted molar refractivity (Wildman–Crippen MR) is 74.3 cm³/mol. The summed E-state index contributed by atoms with van der Waals surface area (Å²) in [5, 5.41) is 3.71. The Kier molecular flexibility index (Phi) is 5.30. The molecule has 3 atom stereocenters. The Morgan fingerprint density at radius 3 is 2.59 bits per heavy atom. The van der Waals surface area contributed by atoms with Crippen LogP contribution in [0.15, 0.2) is 0 Å². The Bertz CT molecular complexity index is 215. The van der Waals surface area contributed by atoms with Crippen molar-refractivity contribution in [2.75, 3.05) is 19.6 Å². The van der Waals surface area contributed by atoms with Crippen molar-refractivity contribution in [3.8, 4) is 0 Å². The second-order valence-electron chi connectivity index (χ2n) is 6.05. The van der Waals surface area contributed by atoms with Crippen LogP contribution in [0.2, 0.25) is 0 Å². The maximum Gasteiger partial charge on any atom is 0.0107 e. The van der Waals surface area contributed by atoms with Gasteiger partial charge in [-0.1, -0.05) is 26.2 Å². The number of nitrogens with zero attached hydrogens (tertiary/aromatic N) is 1. The van der Waals surface area contributed by atoms with Gasteiger partial charge < -0.3 is 10.2 Å². The molecule has 1 saturated carbocycles. The molecule has 0 aromatic carbocycles. The fourth-order valence-corrected chi connectivity index (χ4v) is 3.69. The van der Waals surface area contributed by atoms with E-state index in [0.717, 1.165) is 24.5 Å². The van der Waals surface area contributed by atoms with Gasteiger partial charge in [0.2, 0.25) is 0 Å². The van der Waals surface area contributed by atoms with Crippen molar-refractivity contribution in [3.05, 3.63) is 0 Å². The molecule has 1 heterocycles. The van der Waals surface area contributed by atoms with Crippen molar-refractivity contribution in [1.29, 1.82) is 0 Å². The van der Waals surface area contributed by atoms with Crippen LogP contribution in [0.5, 0.6) is 0 Å². The van der Waals surface area contributed by atoms with Crippen LogP contribution in [0, 0.1) is 5.92 Å². The van der Waals surface area contributed by atoms with E-state index in [-0.39, 0.29) is 0 Å². The molecule has 2 aliphatic rings. The third-order valence-corrected chi connectivity index (χ3v) is 4.78. The van der Waals surface area contributed by atoms with Gasteiger partial charge in [-0.05, 0) is 51.6 Å². The summed E-state index contributed by atoms with van der Waals surface area (Å²) >= 11 is 0. The Morgan fingerprint density at radius 1 is 1.06 bits per heavy atom. The number of likely N-dealkylation sites (tertiary alicyclic amines) is 1. The number of nitrogens with one attached hydrogen (secondary N) is 1. The summed E-state index contributed by atoms with van der Waals surface area (Å²) in [6.07, 6.45) is 10.0. The maximum absolute atomic E-state index is 3.71. The highest BCUT2D eigenvalue weighted by Gasteiger charge is 2.28. The van der Waals surface area contributed by atoms with Crippen molar-refractivity contribution >= 4 is 0 Å². The fraction of sp³-hybridized carbons (Fsp3) is 1.00. The van der Waals surface area contributed by atoms with Gasteiger partial charge >= 0.3 is 0 Å². The minimum atomic E-state index is 0.794. The molecule has 2 fully saturated rings. The fourth-order valence-electron chi connectivity index (χ4n) is 3.69. The summed E-state index contributed by atoms with van der Waals surface area (Å²) in [6, 6.07) is 1.62. The predicted octanol–water partition coefficient (Wildman–Crippen LogP) is 3.03. The van der Waals surface area contributed by atoms with Crippen molar-refractivity contribution < 1.29 is 0 Å². The van der Waals surface area contributed by atoms with E-state index in [9.17, 15) is 0 Å². The SMILES string of the molecule is CCNC1CCCCC1CN1CCCCC1C. The summed E-state index contributed by atoms with van der Waals surface area (Å²) in [6.45, 7) is 8.49. The van der Waals surface area contributed by atoms with Crippen molar-refractivity contribution in [3.63, 3.8) is 0 Å². The molecule has 1 N–H and O–H groups in total. The zero-order valence-corrected chi connectivity index (χ0v) is 11.8. The highest BCUT2D eigenvalue weighted by atomic mass is 15.2. The molecule has 1 aliphatic carbocycles. The molecule has 0 radical (unpaired) electrons. The first-order valence-electron chi connectivity index (χ1n) is 7.78. The van der Waals surface area contributed by atoms with E-state index >= 15 is 0 Å². The first-order chi connectivity index (χ1) is 8.31. The summed E-state index contributed by atoms with van der Waals surface area (Å²) < 4.78 is 0. The number of hydrogen-bond acceptors (Lipinski definition) is 2. The van der Waals surface area contributed by atoms with Crippen molar-refractivity contribution in [1.82, 2.24) is 10.2 Å². The molecule has 3 unspecified atom stereocenters. The molecule has 100 valence electrons. The quantitative estimate of drug-likeness (QED) is 0.810. The van der Waals surface area contributed by atoms with Crippen LogP contribution in [0.4, 0.5) is 0 Å². The Morgan fingerprint density at radius 2 is 1.82 bits per heavy atom. The Labute approximate surface area is 107 Å². The van der Waals surface area contributed by atoms with Gasteiger partial charge in [0.15, 0.2) is 0 Å². The van der Waals surface area contributed by atoms with Gasteiger partial charge in [-0.15, -0.1) is 0 Å². The topological polar surface area (TPSA) is 15.3 Å². The van der Waals surface area contributed by atoms with Crippen LogP contribution in [-0.4, -0.2) is 36.6 Å². The van der Waals surface area contributed by atoms with Gasteiger partial charge in [0.1, 0.15) is 0 Å². The normalized spacial score (nSPS) is 36.0. The molecular formula is C15H30N2. The first kappa shape index (κ1) is 13.4. The lowest BCUT2D eigenvalue weighted by molar-refractivity contribution is 0.108. The molecule has 0 aromatic heterocycles. The van der Waals surface area contributed by atoms with Crippen LogP contribution in [0.1, 0.15) is 58.8 Å². The second kappa shape index (κ2) is 6.75. The smallest absolute Gasteiger partial charge is 0.0107 e. The standard InChI is InChI=1S/C15H30N2/c1-3-16-15-10-5-4-9-14(15)12-17-11-7-6-8-13(17)2/h13-16H,3-12H2,1-2H3. The number of hydrogen-bond donors (Lipinski definition) is 1. The summed E-state index contributed by atoms with van der Waals surface area (Å²) in [5.74, 6) is 0.907. The molecule has 1 saturated heterocycles. The lowest BCUT2D eigenvalue weighted by Crippen LogP contribution is -2.47. The minimum absolute atomic E-state index is 0.794. The molecule has 0 aromatic rings. The summed E-state index contributed by atoms with van der Waals surface area (Å²) in [7, 11) is 0. The van der Waals surface area contributed by atoms with Gasteiger partial charge in [-0.3, -0.25) is 0 Å². The zero-order chi connectivity index (χ0) is 12.1. The van der Waals surface area contributed by atoms with E-state index in [0.29, 0.717) is 0 Å². The van der Waals surface area contributed by atoms with Crippen LogP contribution in [-0.2, 0) is 0 Å².